The quantitative estimate of drug-likeness (QED) is 0.725. The van der Waals surface area contributed by atoms with Gasteiger partial charge in [-0.05, 0) is 23.6 Å². The molecule has 1 nitrogen and oxygen atoms in total. The number of hydrogen-bond acceptors (Lipinski definition) is 1. The van der Waals surface area contributed by atoms with Crippen LogP contribution in [0, 0.1) is 0 Å². The molecule has 1 rings (SSSR count). The summed E-state index contributed by atoms with van der Waals surface area (Å²) in [7, 11) is 1.87. The Morgan fingerprint density at radius 2 is 2.08 bits per heavy atom. The van der Waals surface area contributed by atoms with E-state index < -0.39 is 8.56 Å². The highest BCUT2D eigenvalue weighted by atomic mass is 29.2. The molecule has 1 aromatic carbocycles. The summed E-state index contributed by atoms with van der Waals surface area (Å²) in [4.78, 5) is 9.52. The standard InChI is InChI=1S/C10H14OSi2/c1-2-3-6-9-7-4-5-8-10(9)13(11)12/h4-5,7-8,11H,2-3,6H2,1H3. The second-order valence-corrected chi connectivity index (χ2v) is 5.77. The molecule has 0 aliphatic heterocycles. The van der Waals surface area contributed by atoms with E-state index in [4.69, 9.17) is 0 Å². The molecular formula is C10H14OSi2. The molecule has 3 heteroatoms. The van der Waals surface area contributed by atoms with Gasteiger partial charge in [0.05, 0.1) is 9.76 Å². The Bertz CT molecular complexity index is 261. The van der Waals surface area contributed by atoms with Gasteiger partial charge in [-0.15, -0.1) is 0 Å². The molecule has 0 aliphatic rings. The molecular weight excluding hydrogens is 192 g/mol. The second kappa shape index (κ2) is 5.37. The molecule has 1 aromatic rings. The molecule has 68 valence electrons. The highest BCUT2D eigenvalue weighted by Crippen LogP contribution is 2.02. The fraction of sp³-hybridized carbons (Fsp3) is 0.400. The fourth-order valence-corrected chi connectivity index (χ4v) is 2.83. The van der Waals surface area contributed by atoms with Gasteiger partial charge in [0.15, 0.2) is 0 Å². The maximum Gasteiger partial charge on any atom is 0.216 e. The van der Waals surface area contributed by atoms with Crippen molar-refractivity contribution < 1.29 is 4.80 Å². The zero-order chi connectivity index (χ0) is 9.68. The first-order valence-corrected chi connectivity index (χ1v) is 7.56. The summed E-state index contributed by atoms with van der Waals surface area (Å²) in [5.74, 6) is 0. The minimum absolute atomic E-state index is 1.08. The average molecular weight is 206 g/mol. The molecule has 0 aliphatic carbocycles. The highest BCUT2D eigenvalue weighted by Gasteiger charge is 2.08. The van der Waals surface area contributed by atoms with E-state index in [0.29, 0.717) is 0 Å². The predicted molar refractivity (Wildman–Crippen MR) is 58.4 cm³/mol. The zero-order valence-electron chi connectivity index (χ0n) is 7.88. The number of unbranched alkanes of at least 4 members (excludes halogenated alkanes) is 1. The topological polar surface area (TPSA) is 20.2 Å². The highest BCUT2D eigenvalue weighted by molar-refractivity contribution is 7.06. The fourth-order valence-electron chi connectivity index (χ4n) is 1.34. The van der Waals surface area contributed by atoms with E-state index in [1.165, 1.54) is 18.4 Å². The molecule has 0 amide bonds. The van der Waals surface area contributed by atoms with E-state index in [9.17, 15) is 4.80 Å². The van der Waals surface area contributed by atoms with Crippen LogP contribution in [0.5, 0.6) is 0 Å². The molecule has 0 bridgehead atoms. The Balaban J connectivity index is 2.78. The predicted octanol–water partition coefficient (Wildman–Crippen LogP) is 0.885. The molecule has 0 atom stereocenters. The van der Waals surface area contributed by atoms with Crippen molar-refractivity contribution in [1.29, 1.82) is 0 Å². The lowest BCUT2D eigenvalue weighted by atomic mass is 10.1. The van der Waals surface area contributed by atoms with Gasteiger partial charge in [0, 0.05) is 0 Å². The second-order valence-electron chi connectivity index (χ2n) is 3.11. The number of rotatable bonds is 4. The van der Waals surface area contributed by atoms with Crippen molar-refractivity contribution in [1.82, 2.24) is 0 Å². The van der Waals surface area contributed by atoms with Crippen LogP contribution in [0.2, 0.25) is 0 Å². The maximum absolute atomic E-state index is 9.52. The zero-order valence-corrected chi connectivity index (χ0v) is 9.88. The number of benzene rings is 1. The van der Waals surface area contributed by atoms with Crippen LogP contribution in [-0.2, 0) is 6.42 Å². The van der Waals surface area contributed by atoms with Crippen molar-refractivity contribution in [3.8, 4) is 0 Å². The van der Waals surface area contributed by atoms with Crippen molar-refractivity contribution in [3.63, 3.8) is 0 Å². The van der Waals surface area contributed by atoms with Crippen LogP contribution in [0.4, 0.5) is 0 Å². The molecule has 4 radical (unpaired) electrons. The van der Waals surface area contributed by atoms with E-state index in [1.807, 2.05) is 18.2 Å². The lowest BCUT2D eigenvalue weighted by Crippen LogP contribution is -2.33. The van der Waals surface area contributed by atoms with E-state index in [2.05, 4.69) is 22.8 Å². The van der Waals surface area contributed by atoms with Gasteiger partial charge in [0.25, 0.3) is 0 Å². The first kappa shape index (κ1) is 10.7. The SMILES string of the molecule is CCCCc1ccccc1[Si](O)[Si]. The van der Waals surface area contributed by atoms with Gasteiger partial charge in [0.1, 0.15) is 0 Å². The van der Waals surface area contributed by atoms with Gasteiger partial charge in [0.2, 0.25) is 8.56 Å². The molecule has 1 N–H and O–H groups in total. The van der Waals surface area contributed by atoms with Gasteiger partial charge in [-0.25, -0.2) is 0 Å². The van der Waals surface area contributed by atoms with E-state index in [-0.39, 0.29) is 0 Å². The van der Waals surface area contributed by atoms with E-state index in [1.54, 1.807) is 0 Å². The largest absolute Gasteiger partial charge is 0.430 e. The Hall–Kier alpha value is -0.386. The smallest absolute Gasteiger partial charge is 0.216 e. The Kier molecular flexibility index (Phi) is 4.41. The van der Waals surface area contributed by atoms with Crippen molar-refractivity contribution in [2.24, 2.45) is 0 Å². The number of hydrogen-bond donors (Lipinski definition) is 1. The van der Waals surface area contributed by atoms with Crippen molar-refractivity contribution in [3.05, 3.63) is 29.8 Å². The third-order valence-corrected chi connectivity index (χ3v) is 3.88. The average Bonchev–Trinajstić information content (AvgIpc) is 2.15. The summed E-state index contributed by atoms with van der Waals surface area (Å²) in [6, 6.07) is 8.12. The molecule has 0 aromatic heterocycles. The van der Waals surface area contributed by atoms with Crippen LogP contribution in [0.25, 0.3) is 0 Å². The van der Waals surface area contributed by atoms with Crippen LogP contribution in [0.3, 0.4) is 0 Å². The molecule has 0 unspecified atom stereocenters. The van der Waals surface area contributed by atoms with Crippen LogP contribution >= 0.6 is 0 Å². The molecule has 13 heavy (non-hydrogen) atoms. The first-order valence-electron chi connectivity index (χ1n) is 4.61. The monoisotopic (exact) mass is 206 g/mol. The van der Waals surface area contributed by atoms with Gasteiger partial charge < -0.3 is 4.80 Å². The molecule has 0 spiro atoms. The van der Waals surface area contributed by atoms with E-state index in [0.717, 1.165) is 11.6 Å². The Labute approximate surface area is 84.7 Å². The summed E-state index contributed by atoms with van der Waals surface area (Å²) >= 11 is 0. The van der Waals surface area contributed by atoms with Crippen LogP contribution in [-0.4, -0.2) is 23.1 Å². The summed E-state index contributed by atoms with van der Waals surface area (Å²) in [6.07, 6.45) is 3.47. The third-order valence-electron chi connectivity index (χ3n) is 2.07. The number of aryl methyl sites for hydroxylation is 1. The molecule has 0 heterocycles. The van der Waals surface area contributed by atoms with Gasteiger partial charge in [-0.1, -0.05) is 37.6 Å². The summed E-state index contributed by atoms with van der Waals surface area (Å²) < 4.78 is 0. The summed E-state index contributed by atoms with van der Waals surface area (Å²) in [6.45, 7) is 2.18. The van der Waals surface area contributed by atoms with Crippen LogP contribution < -0.4 is 5.19 Å². The summed E-state index contributed by atoms with van der Waals surface area (Å²) in [5, 5.41) is 1.10. The molecule has 0 saturated heterocycles. The minimum atomic E-state index is -1.47. The lowest BCUT2D eigenvalue weighted by Gasteiger charge is -2.09. The Morgan fingerprint density at radius 1 is 1.38 bits per heavy atom. The first-order chi connectivity index (χ1) is 6.25. The van der Waals surface area contributed by atoms with Crippen LogP contribution in [0.15, 0.2) is 24.3 Å². The normalized spacial score (nSPS) is 10.8. The van der Waals surface area contributed by atoms with Gasteiger partial charge >= 0.3 is 0 Å². The minimum Gasteiger partial charge on any atom is -0.430 e. The summed E-state index contributed by atoms with van der Waals surface area (Å²) in [5.41, 5.74) is 1.29. The molecule has 0 fully saturated rings. The van der Waals surface area contributed by atoms with Gasteiger partial charge in [-0.3, -0.25) is 0 Å². The van der Waals surface area contributed by atoms with Gasteiger partial charge in [-0.2, -0.15) is 0 Å². The lowest BCUT2D eigenvalue weighted by molar-refractivity contribution is 0.606. The van der Waals surface area contributed by atoms with Crippen molar-refractivity contribution in [2.45, 2.75) is 26.2 Å². The van der Waals surface area contributed by atoms with Crippen molar-refractivity contribution in [2.75, 3.05) is 0 Å². The maximum atomic E-state index is 9.52. The van der Waals surface area contributed by atoms with Crippen molar-refractivity contribution >= 4 is 23.5 Å². The third kappa shape index (κ3) is 3.10. The Morgan fingerprint density at radius 3 is 2.69 bits per heavy atom. The molecule has 0 saturated carbocycles. The van der Waals surface area contributed by atoms with E-state index >= 15 is 0 Å². The van der Waals surface area contributed by atoms with Crippen LogP contribution in [0.1, 0.15) is 25.3 Å².